The lowest BCUT2D eigenvalue weighted by Crippen LogP contribution is -2.49. The summed E-state index contributed by atoms with van der Waals surface area (Å²) in [5, 5.41) is 11.2. The van der Waals surface area contributed by atoms with Gasteiger partial charge in [-0.3, -0.25) is 10.1 Å². The Labute approximate surface area is 237 Å². The highest BCUT2D eigenvalue weighted by molar-refractivity contribution is 7.89. The van der Waals surface area contributed by atoms with Crippen molar-refractivity contribution in [3.63, 3.8) is 0 Å². The highest BCUT2D eigenvalue weighted by Crippen LogP contribution is 2.43. The fraction of sp³-hybridized carbons (Fsp3) is 0.448. The van der Waals surface area contributed by atoms with E-state index in [1.807, 2.05) is 18.2 Å². The second kappa shape index (κ2) is 11.4. The number of hydrogen-bond donors (Lipinski definition) is 0. The minimum absolute atomic E-state index is 0.0119. The number of sulfonamides is 1. The second-order valence-electron chi connectivity index (χ2n) is 11.4. The van der Waals surface area contributed by atoms with E-state index < -0.39 is 29.3 Å². The summed E-state index contributed by atoms with van der Waals surface area (Å²) in [4.78, 5) is 10.6. The lowest BCUT2D eigenvalue weighted by molar-refractivity contribution is -0.384. The van der Waals surface area contributed by atoms with Crippen LogP contribution in [-0.2, 0) is 14.4 Å². The Kier molecular flexibility index (Phi) is 8.47. The molecule has 2 aromatic carbocycles. The van der Waals surface area contributed by atoms with Crippen LogP contribution < -0.4 is 9.47 Å². The molecule has 2 atom stereocenters. The van der Waals surface area contributed by atoms with E-state index in [0.717, 1.165) is 11.1 Å². The second-order valence-corrected chi connectivity index (χ2v) is 18.1. The Bertz CT molecular complexity index is 1470. The van der Waals surface area contributed by atoms with Crippen LogP contribution in [-0.4, -0.2) is 51.4 Å². The topological polar surface area (TPSA) is 108 Å². The number of rotatable bonds is 8. The quantitative estimate of drug-likeness (QED) is 0.163. The molecule has 9 nitrogen and oxygen atoms in total. The summed E-state index contributed by atoms with van der Waals surface area (Å²) in [5.41, 5.74) is 1.48. The molecule has 0 fully saturated rings. The van der Waals surface area contributed by atoms with Crippen molar-refractivity contribution in [2.24, 2.45) is 0 Å². The van der Waals surface area contributed by atoms with Crippen LogP contribution in [0.3, 0.4) is 0 Å². The summed E-state index contributed by atoms with van der Waals surface area (Å²) in [5.74, 6) is 7.00. The molecule has 0 radical (unpaired) electrons. The van der Waals surface area contributed by atoms with Crippen LogP contribution in [0.25, 0.3) is 5.57 Å². The maximum Gasteiger partial charge on any atom is 0.269 e. The van der Waals surface area contributed by atoms with Crippen molar-refractivity contribution in [3.8, 4) is 23.3 Å². The zero-order chi connectivity index (χ0) is 29.3. The first-order chi connectivity index (χ1) is 18.7. The molecule has 214 valence electrons. The molecule has 1 heterocycles. The number of non-ortho nitro benzene ring substituents is 1. The van der Waals surface area contributed by atoms with E-state index in [1.165, 1.54) is 28.6 Å². The van der Waals surface area contributed by atoms with Crippen LogP contribution in [0.5, 0.6) is 11.5 Å². The van der Waals surface area contributed by atoms with Gasteiger partial charge in [0.1, 0.15) is 0 Å². The molecule has 0 saturated heterocycles. The average Bonchev–Trinajstić information content (AvgIpc) is 3.36. The van der Waals surface area contributed by atoms with Crippen molar-refractivity contribution in [2.75, 3.05) is 13.3 Å². The molecule has 2 aromatic rings. The molecular formula is C29H36N2O7SSi. The molecule has 1 aliphatic heterocycles. The highest BCUT2D eigenvalue weighted by Gasteiger charge is 2.43. The average molecular weight is 585 g/mol. The Morgan fingerprint density at radius 2 is 1.80 bits per heavy atom. The van der Waals surface area contributed by atoms with Crippen LogP contribution in [0.2, 0.25) is 18.1 Å². The van der Waals surface area contributed by atoms with Gasteiger partial charge >= 0.3 is 0 Å². The number of nitro groups is 1. The summed E-state index contributed by atoms with van der Waals surface area (Å²) in [6, 6.07) is 9.97. The van der Waals surface area contributed by atoms with Gasteiger partial charge in [-0.25, -0.2) is 8.42 Å². The summed E-state index contributed by atoms with van der Waals surface area (Å²) in [6.07, 6.45) is 2.94. The third-order valence-corrected chi connectivity index (χ3v) is 14.2. The molecule has 2 aliphatic rings. The monoisotopic (exact) mass is 584 g/mol. The van der Waals surface area contributed by atoms with E-state index in [2.05, 4.69) is 51.8 Å². The number of benzene rings is 2. The van der Waals surface area contributed by atoms with Gasteiger partial charge in [-0.05, 0) is 73.3 Å². The molecule has 0 aromatic heterocycles. The maximum absolute atomic E-state index is 14.1. The zero-order valence-electron chi connectivity index (χ0n) is 23.8. The first-order valence-corrected chi connectivity index (χ1v) is 17.5. The summed E-state index contributed by atoms with van der Waals surface area (Å²) >= 11 is 0. The van der Waals surface area contributed by atoms with E-state index in [0.29, 0.717) is 24.3 Å². The van der Waals surface area contributed by atoms with Crippen LogP contribution in [0, 0.1) is 22.0 Å². The summed E-state index contributed by atoms with van der Waals surface area (Å²) < 4.78 is 47.5. The van der Waals surface area contributed by atoms with Crippen molar-refractivity contribution in [2.45, 2.75) is 75.7 Å². The number of hydrogen-bond acceptors (Lipinski definition) is 7. The summed E-state index contributed by atoms with van der Waals surface area (Å²) in [6.45, 7) is 12.7. The lowest BCUT2D eigenvalue weighted by atomic mass is 9.87. The Balaban J connectivity index is 1.79. The first kappa shape index (κ1) is 29.8. The maximum atomic E-state index is 14.1. The minimum atomic E-state index is -4.10. The first-order valence-electron chi connectivity index (χ1n) is 13.2. The fourth-order valence-corrected chi connectivity index (χ4v) is 7.51. The van der Waals surface area contributed by atoms with Gasteiger partial charge < -0.3 is 13.9 Å². The van der Waals surface area contributed by atoms with Gasteiger partial charge in [0.25, 0.3) is 5.69 Å². The van der Waals surface area contributed by atoms with Gasteiger partial charge in [-0.15, -0.1) is 5.92 Å². The third-order valence-electron chi connectivity index (χ3n) is 7.83. The van der Waals surface area contributed by atoms with Gasteiger partial charge in [0, 0.05) is 12.1 Å². The SMILES string of the molecule is CC#CCN([C@H]1C[C@@H](O[Si](C)(C)C(C)(C)C)CC=C1c1ccc2c(c1)OCO2)S(=O)(=O)c1ccc([N+](=O)[O-])cc1. The normalized spacial score (nSPS) is 19.1. The third kappa shape index (κ3) is 6.10. The van der Waals surface area contributed by atoms with E-state index in [4.69, 9.17) is 13.9 Å². The predicted molar refractivity (Wildman–Crippen MR) is 156 cm³/mol. The van der Waals surface area contributed by atoms with Crippen molar-refractivity contribution in [1.82, 2.24) is 4.31 Å². The standard InChI is InChI=1S/C29H36N2O7SSi/c1-7-8-17-30(39(34,35)24-13-10-22(11-14-24)31(32)33)26-19-23(38-40(5,6)29(2,3)4)12-15-25(26)21-9-16-27-28(18-21)37-20-36-27/h9-11,13-16,18,23,26H,12,17,19-20H2,1-6H3/t23-,26-/m0/s1. The molecule has 0 unspecified atom stereocenters. The van der Waals surface area contributed by atoms with Crippen LogP contribution in [0.15, 0.2) is 53.4 Å². The van der Waals surface area contributed by atoms with Crippen LogP contribution >= 0.6 is 0 Å². The number of nitrogens with zero attached hydrogens (tertiary/aromatic N) is 2. The van der Waals surface area contributed by atoms with Crippen LogP contribution in [0.4, 0.5) is 5.69 Å². The van der Waals surface area contributed by atoms with E-state index in [1.54, 1.807) is 6.92 Å². The molecular weight excluding hydrogens is 548 g/mol. The zero-order valence-corrected chi connectivity index (χ0v) is 25.6. The Hall–Kier alpha value is -3.17. The molecule has 0 bridgehead atoms. The van der Waals surface area contributed by atoms with Crippen LogP contribution in [0.1, 0.15) is 46.1 Å². The van der Waals surface area contributed by atoms with Crippen molar-refractivity contribution >= 4 is 29.6 Å². The molecule has 0 spiro atoms. The molecule has 11 heteroatoms. The number of ether oxygens (including phenoxy) is 2. The summed E-state index contributed by atoms with van der Waals surface area (Å²) in [7, 11) is -6.25. The Morgan fingerprint density at radius 3 is 2.42 bits per heavy atom. The minimum Gasteiger partial charge on any atom is -0.454 e. The van der Waals surface area contributed by atoms with E-state index in [9.17, 15) is 18.5 Å². The lowest BCUT2D eigenvalue weighted by Gasteiger charge is -2.43. The van der Waals surface area contributed by atoms with E-state index in [-0.39, 0.29) is 35.1 Å². The molecule has 1 aliphatic carbocycles. The molecule has 0 amide bonds. The van der Waals surface area contributed by atoms with Gasteiger partial charge in [0.05, 0.1) is 28.5 Å². The molecule has 4 rings (SSSR count). The number of nitro benzene ring substituents is 1. The van der Waals surface area contributed by atoms with Crippen molar-refractivity contribution in [3.05, 3.63) is 64.2 Å². The van der Waals surface area contributed by atoms with Crippen molar-refractivity contribution in [1.29, 1.82) is 0 Å². The van der Waals surface area contributed by atoms with Crippen molar-refractivity contribution < 1.29 is 27.2 Å². The molecule has 0 N–H and O–H groups in total. The fourth-order valence-electron chi connectivity index (χ4n) is 4.61. The van der Waals surface area contributed by atoms with E-state index >= 15 is 0 Å². The predicted octanol–water partition coefficient (Wildman–Crippen LogP) is 5.97. The highest BCUT2D eigenvalue weighted by atomic mass is 32.2. The number of fused-ring (bicyclic) bond motifs is 1. The Morgan fingerprint density at radius 1 is 1.12 bits per heavy atom. The van der Waals surface area contributed by atoms with Gasteiger partial charge in [-0.1, -0.05) is 38.8 Å². The van der Waals surface area contributed by atoms with Gasteiger partial charge in [-0.2, -0.15) is 4.31 Å². The smallest absolute Gasteiger partial charge is 0.269 e. The molecule has 40 heavy (non-hydrogen) atoms. The van der Waals surface area contributed by atoms with Gasteiger partial charge in [0.2, 0.25) is 16.8 Å². The largest absolute Gasteiger partial charge is 0.454 e. The molecule has 0 saturated carbocycles. The van der Waals surface area contributed by atoms with Gasteiger partial charge in [0.15, 0.2) is 19.8 Å².